The van der Waals surface area contributed by atoms with Crippen molar-refractivity contribution in [3.8, 4) is 0 Å². The number of carbonyl (C=O) groups excluding carboxylic acids is 1. The fourth-order valence-electron chi connectivity index (χ4n) is 5.54. The molecule has 2 heterocycles. The van der Waals surface area contributed by atoms with Crippen molar-refractivity contribution in [2.75, 3.05) is 26.2 Å². The number of amides is 1. The zero-order valence-electron chi connectivity index (χ0n) is 20.2. The summed E-state index contributed by atoms with van der Waals surface area (Å²) in [5, 5.41) is 0. The van der Waals surface area contributed by atoms with Gasteiger partial charge in [0.1, 0.15) is 6.61 Å². The number of hydrogen-bond donors (Lipinski definition) is 0. The lowest BCUT2D eigenvalue weighted by Crippen LogP contribution is -2.62. The smallest absolute Gasteiger partial charge is 0.410 e. The molecule has 5 rings (SSSR count). The molecule has 182 valence electrons. The molecule has 5 nitrogen and oxygen atoms in total. The van der Waals surface area contributed by atoms with Gasteiger partial charge in [-0.1, -0.05) is 91.0 Å². The van der Waals surface area contributed by atoms with Crippen molar-refractivity contribution >= 4 is 6.09 Å². The van der Waals surface area contributed by atoms with Gasteiger partial charge in [0.25, 0.3) is 0 Å². The van der Waals surface area contributed by atoms with E-state index in [9.17, 15) is 4.79 Å². The van der Waals surface area contributed by atoms with Gasteiger partial charge in [0.05, 0.1) is 13.2 Å². The van der Waals surface area contributed by atoms with Gasteiger partial charge in [-0.05, 0) is 29.5 Å². The second-order valence-corrected chi connectivity index (χ2v) is 9.98. The van der Waals surface area contributed by atoms with Crippen molar-refractivity contribution in [3.05, 3.63) is 108 Å². The zero-order chi connectivity index (χ0) is 23.9. The molecule has 0 N–H and O–H groups in total. The average Bonchev–Trinajstić information content (AvgIpc) is 2.89. The van der Waals surface area contributed by atoms with E-state index in [1.807, 2.05) is 41.3 Å². The molecule has 0 aliphatic carbocycles. The summed E-state index contributed by atoms with van der Waals surface area (Å²) < 4.78 is 12.0. The highest BCUT2D eigenvalue weighted by Crippen LogP contribution is 2.41. The summed E-state index contributed by atoms with van der Waals surface area (Å²) in [4.78, 5) is 17.5. The van der Waals surface area contributed by atoms with Crippen LogP contribution in [0.1, 0.15) is 29.5 Å². The van der Waals surface area contributed by atoms with Gasteiger partial charge >= 0.3 is 6.09 Å². The van der Waals surface area contributed by atoms with Crippen LogP contribution in [0.2, 0.25) is 0 Å². The van der Waals surface area contributed by atoms with Crippen LogP contribution in [-0.2, 0) is 29.2 Å². The molecule has 2 aliphatic heterocycles. The first kappa shape index (κ1) is 23.6. The first-order valence-corrected chi connectivity index (χ1v) is 12.5. The molecule has 3 aromatic carbocycles. The second-order valence-electron chi connectivity index (χ2n) is 9.98. The quantitative estimate of drug-likeness (QED) is 0.436. The van der Waals surface area contributed by atoms with E-state index in [1.165, 1.54) is 11.1 Å². The van der Waals surface area contributed by atoms with Crippen molar-refractivity contribution < 1.29 is 14.3 Å². The van der Waals surface area contributed by atoms with Gasteiger partial charge in [0.15, 0.2) is 0 Å². The van der Waals surface area contributed by atoms with E-state index >= 15 is 0 Å². The van der Waals surface area contributed by atoms with E-state index in [0.29, 0.717) is 26.4 Å². The fourth-order valence-corrected chi connectivity index (χ4v) is 5.54. The van der Waals surface area contributed by atoms with E-state index in [0.717, 1.165) is 38.0 Å². The maximum atomic E-state index is 13.1. The molecule has 5 heteroatoms. The Hall–Kier alpha value is -3.15. The van der Waals surface area contributed by atoms with E-state index in [1.54, 1.807) is 0 Å². The maximum Gasteiger partial charge on any atom is 0.410 e. The van der Waals surface area contributed by atoms with Crippen LogP contribution in [0.5, 0.6) is 0 Å². The Balaban J connectivity index is 1.26. The molecule has 1 amide bonds. The molecule has 2 bridgehead atoms. The molecule has 0 saturated carbocycles. The predicted molar refractivity (Wildman–Crippen MR) is 137 cm³/mol. The molecular weight excluding hydrogens is 436 g/mol. The Labute approximate surface area is 208 Å². The molecule has 0 aromatic heterocycles. The van der Waals surface area contributed by atoms with Gasteiger partial charge in [0, 0.05) is 37.6 Å². The molecule has 2 fully saturated rings. The molecule has 2 aliphatic rings. The summed E-state index contributed by atoms with van der Waals surface area (Å²) >= 11 is 0. The average molecular weight is 471 g/mol. The Kier molecular flexibility index (Phi) is 7.45. The Morgan fingerprint density at radius 2 is 1.43 bits per heavy atom. The normalized spacial score (nSPS) is 22.1. The Morgan fingerprint density at radius 3 is 2.09 bits per heavy atom. The van der Waals surface area contributed by atoms with Gasteiger partial charge in [-0.25, -0.2) is 4.79 Å². The highest BCUT2D eigenvalue weighted by molar-refractivity contribution is 5.68. The topological polar surface area (TPSA) is 42.0 Å². The monoisotopic (exact) mass is 470 g/mol. The van der Waals surface area contributed by atoms with Crippen LogP contribution in [0.25, 0.3) is 0 Å². The molecule has 2 unspecified atom stereocenters. The van der Waals surface area contributed by atoms with Gasteiger partial charge < -0.3 is 14.4 Å². The van der Waals surface area contributed by atoms with Gasteiger partial charge in [-0.15, -0.1) is 0 Å². The van der Waals surface area contributed by atoms with Crippen LogP contribution in [0.15, 0.2) is 91.0 Å². The number of carbonyl (C=O) groups is 1. The minimum absolute atomic E-state index is 0.0443. The fraction of sp³-hybridized carbons (Fsp3) is 0.367. The van der Waals surface area contributed by atoms with E-state index < -0.39 is 0 Å². The Bertz CT molecular complexity index is 1080. The van der Waals surface area contributed by atoms with Crippen LogP contribution in [0.3, 0.4) is 0 Å². The van der Waals surface area contributed by atoms with Crippen LogP contribution in [0, 0.1) is 5.41 Å². The van der Waals surface area contributed by atoms with Gasteiger partial charge in [0.2, 0.25) is 0 Å². The Morgan fingerprint density at radius 1 is 0.829 bits per heavy atom. The molecular formula is C30H34N2O3. The predicted octanol–water partition coefficient (Wildman–Crippen LogP) is 5.51. The third kappa shape index (κ3) is 6.11. The van der Waals surface area contributed by atoms with Crippen LogP contribution in [0.4, 0.5) is 4.79 Å². The highest BCUT2D eigenvalue weighted by atomic mass is 16.6. The first-order chi connectivity index (χ1) is 17.2. The van der Waals surface area contributed by atoms with Crippen LogP contribution in [-0.4, -0.2) is 48.2 Å². The number of nitrogens with zero attached hydrogens (tertiary/aromatic N) is 2. The third-order valence-corrected chi connectivity index (χ3v) is 7.23. The van der Waals surface area contributed by atoms with E-state index in [-0.39, 0.29) is 17.6 Å². The number of rotatable bonds is 8. The lowest BCUT2D eigenvalue weighted by molar-refractivity contribution is -0.0809. The summed E-state index contributed by atoms with van der Waals surface area (Å²) in [6, 6.07) is 30.9. The summed E-state index contributed by atoms with van der Waals surface area (Å²) in [6.07, 6.45) is 1.66. The number of likely N-dealkylation sites (tertiary alicyclic amines) is 2. The number of piperidine rings is 2. The largest absolute Gasteiger partial charge is 0.445 e. The highest BCUT2D eigenvalue weighted by Gasteiger charge is 2.47. The van der Waals surface area contributed by atoms with Gasteiger partial charge in [-0.3, -0.25) is 4.90 Å². The number of hydrogen-bond acceptors (Lipinski definition) is 4. The molecule has 0 radical (unpaired) electrons. The number of benzene rings is 3. The minimum Gasteiger partial charge on any atom is -0.445 e. The lowest BCUT2D eigenvalue weighted by atomic mass is 9.72. The van der Waals surface area contributed by atoms with Crippen molar-refractivity contribution in [2.24, 2.45) is 5.41 Å². The van der Waals surface area contributed by atoms with Crippen LogP contribution >= 0.6 is 0 Å². The summed E-state index contributed by atoms with van der Waals surface area (Å²) in [6.45, 7) is 5.07. The zero-order valence-corrected chi connectivity index (χ0v) is 20.2. The molecule has 0 spiro atoms. The molecule has 2 saturated heterocycles. The van der Waals surface area contributed by atoms with Gasteiger partial charge in [-0.2, -0.15) is 0 Å². The van der Waals surface area contributed by atoms with Crippen molar-refractivity contribution in [2.45, 2.75) is 38.6 Å². The standard InChI is InChI=1S/C30H34N2O3/c33-29(35-22-27-14-8-3-9-15-27)32-17-16-30(24-34-21-26-12-6-2-7-13-26)18-28(32)20-31(23-30)19-25-10-4-1-5-11-25/h1-15,28H,16-24H2. The van der Waals surface area contributed by atoms with Crippen molar-refractivity contribution in [1.29, 1.82) is 0 Å². The number of ether oxygens (including phenoxy) is 2. The second kappa shape index (κ2) is 11.1. The molecule has 2 atom stereocenters. The van der Waals surface area contributed by atoms with Crippen molar-refractivity contribution in [3.63, 3.8) is 0 Å². The first-order valence-electron chi connectivity index (χ1n) is 12.5. The maximum absolute atomic E-state index is 13.1. The molecule has 3 aromatic rings. The SMILES string of the molecule is O=C(OCc1ccccc1)N1CCC2(COCc3ccccc3)CC1CN(Cc1ccccc1)C2. The lowest BCUT2D eigenvalue weighted by Gasteiger charge is -2.53. The molecule has 35 heavy (non-hydrogen) atoms. The third-order valence-electron chi connectivity index (χ3n) is 7.23. The number of fused-ring (bicyclic) bond motifs is 2. The van der Waals surface area contributed by atoms with Crippen molar-refractivity contribution in [1.82, 2.24) is 9.80 Å². The van der Waals surface area contributed by atoms with E-state index in [4.69, 9.17) is 9.47 Å². The van der Waals surface area contributed by atoms with Crippen LogP contribution < -0.4 is 0 Å². The minimum atomic E-state index is -0.209. The van der Waals surface area contributed by atoms with E-state index in [2.05, 4.69) is 59.5 Å². The summed E-state index contributed by atoms with van der Waals surface area (Å²) in [5.41, 5.74) is 3.55. The summed E-state index contributed by atoms with van der Waals surface area (Å²) in [7, 11) is 0. The summed E-state index contributed by atoms with van der Waals surface area (Å²) in [5.74, 6) is 0.